The number of tetrazole rings is 1. The zero-order chi connectivity index (χ0) is 9.68. The second-order valence-electron chi connectivity index (χ2n) is 2.89. The fourth-order valence-electron chi connectivity index (χ4n) is 0.986. The Bertz CT molecular complexity index is 281. The van der Waals surface area contributed by atoms with Crippen molar-refractivity contribution in [2.24, 2.45) is 0 Å². The number of aromatic nitrogens is 4. The van der Waals surface area contributed by atoms with Crippen molar-refractivity contribution in [3.63, 3.8) is 0 Å². The molecule has 0 aromatic carbocycles. The van der Waals surface area contributed by atoms with E-state index in [0.29, 0.717) is 12.2 Å². The Kier molecular flexibility index (Phi) is 3.54. The molecule has 1 heterocycles. The van der Waals surface area contributed by atoms with Gasteiger partial charge in [0.1, 0.15) is 0 Å². The molecule has 0 radical (unpaired) electrons. The summed E-state index contributed by atoms with van der Waals surface area (Å²) in [5.74, 6) is 0.560. The predicted octanol–water partition coefficient (Wildman–Crippen LogP) is 1.07. The molecule has 0 unspecified atom stereocenters. The van der Waals surface area contributed by atoms with Crippen molar-refractivity contribution < 1.29 is 4.79 Å². The van der Waals surface area contributed by atoms with Crippen molar-refractivity contribution in [2.75, 3.05) is 0 Å². The van der Waals surface area contributed by atoms with E-state index in [0.717, 1.165) is 24.1 Å². The molecule has 5 nitrogen and oxygen atoms in total. The first kappa shape index (κ1) is 9.83. The summed E-state index contributed by atoms with van der Waals surface area (Å²) in [6.45, 7) is 3.98. The molecule has 1 aromatic heterocycles. The van der Waals surface area contributed by atoms with Crippen molar-refractivity contribution in [3.8, 4) is 0 Å². The second kappa shape index (κ2) is 4.69. The third-order valence-electron chi connectivity index (χ3n) is 1.62. The molecule has 0 saturated carbocycles. The van der Waals surface area contributed by atoms with Crippen LogP contribution in [-0.2, 0) is 6.42 Å². The molecule has 13 heavy (non-hydrogen) atoms. The van der Waals surface area contributed by atoms with Crippen LogP contribution in [0.5, 0.6) is 0 Å². The maximum Gasteiger partial charge on any atom is 0.266 e. The lowest BCUT2D eigenvalue weighted by Crippen LogP contribution is -2.13. The highest BCUT2D eigenvalue weighted by molar-refractivity contribution is 5.76. The summed E-state index contributed by atoms with van der Waals surface area (Å²) in [4.78, 5) is 12.4. The van der Waals surface area contributed by atoms with Gasteiger partial charge in [-0.3, -0.25) is 4.79 Å². The summed E-state index contributed by atoms with van der Waals surface area (Å²) in [5.41, 5.74) is 0. The molecule has 1 aromatic rings. The number of hydrogen-bond donors (Lipinski definition) is 0. The summed E-state index contributed by atoms with van der Waals surface area (Å²) in [7, 11) is 0. The molecule has 0 aliphatic heterocycles. The van der Waals surface area contributed by atoms with Crippen molar-refractivity contribution in [3.05, 3.63) is 5.82 Å². The lowest BCUT2D eigenvalue weighted by molar-refractivity contribution is 0.0864. The molecule has 0 bridgehead atoms. The Morgan fingerprint density at radius 1 is 1.38 bits per heavy atom. The van der Waals surface area contributed by atoms with Crippen LogP contribution in [-0.4, -0.2) is 26.1 Å². The second-order valence-corrected chi connectivity index (χ2v) is 2.89. The molecule has 0 saturated heterocycles. The maximum atomic E-state index is 11.3. The van der Waals surface area contributed by atoms with Gasteiger partial charge in [0.2, 0.25) is 0 Å². The van der Waals surface area contributed by atoms with E-state index >= 15 is 0 Å². The van der Waals surface area contributed by atoms with Crippen LogP contribution in [0.3, 0.4) is 0 Å². The predicted molar refractivity (Wildman–Crippen MR) is 47.3 cm³/mol. The first-order chi connectivity index (χ1) is 6.27. The minimum absolute atomic E-state index is 0.0858. The van der Waals surface area contributed by atoms with Gasteiger partial charge in [0.25, 0.3) is 5.91 Å². The number of carbonyl (C=O) groups excluding carboxylic acids is 1. The summed E-state index contributed by atoms with van der Waals surface area (Å²) in [6, 6.07) is 0. The van der Waals surface area contributed by atoms with Gasteiger partial charge >= 0.3 is 0 Å². The van der Waals surface area contributed by atoms with Crippen LogP contribution in [0.15, 0.2) is 0 Å². The quantitative estimate of drug-likeness (QED) is 0.698. The van der Waals surface area contributed by atoms with E-state index in [-0.39, 0.29) is 5.91 Å². The Hall–Kier alpha value is -1.26. The SMILES string of the molecule is CCCC(=O)n1nnc(CCC)n1. The van der Waals surface area contributed by atoms with Crippen LogP contribution in [0.1, 0.15) is 43.7 Å². The number of nitrogens with zero attached hydrogens (tertiary/aromatic N) is 4. The van der Waals surface area contributed by atoms with Crippen LogP contribution in [0.2, 0.25) is 0 Å². The Morgan fingerprint density at radius 3 is 2.77 bits per heavy atom. The summed E-state index contributed by atoms with van der Waals surface area (Å²) in [5, 5.41) is 11.4. The fourth-order valence-corrected chi connectivity index (χ4v) is 0.986. The molecule has 0 aliphatic carbocycles. The minimum atomic E-state index is -0.0858. The van der Waals surface area contributed by atoms with Crippen molar-refractivity contribution in [2.45, 2.75) is 39.5 Å². The van der Waals surface area contributed by atoms with Crippen LogP contribution >= 0.6 is 0 Å². The van der Waals surface area contributed by atoms with Crippen LogP contribution < -0.4 is 0 Å². The molecule has 72 valence electrons. The Balaban J connectivity index is 2.62. The average molecular weight is 182 g/mol. The van der Waals surface area contributed by atoms with Crippen molar-refractivity contribution >= 4 is 5.91 Å². The van der Waals surface area contributed by atoms with Gasteiger partial charge in [-0.15, -0.1) is 10.2 Å². The molecular formula is C8H14N4O. The topological polar surface area (TPSA) is 60.7 Å². The van der Waals surface area contributed by atoms with E-state index in [9.17, 15) is 4.79 Å². The summed E-state index contributed by atoms with van der Waals surface area (Å²) in [6.07, 6.45) is 3.03. The van der Waals surface area contributed by atoms with Gasteiger partial charge in [-0.2, -0.15) is 0 Å². The van der Waals surface area contributed by atoms with E-state index in [1.165, 1.54) is 0 Å². The van der Waals surface area contributed by atoms with Crippen LogP contribution in [0.4, 0.5) is 0 Å². The zero-order valence-electron chi connectivity index (χ0n) is 8.03. The zero-order valence-corrected chi connectivity index (χ0v) is 8.03. The van der Waals surface area contributed by atoms with E-state index in [4.69, 9.17) is 0 Å². The summed E-state index contributed by atoms with van der Waals surface area (Å²) < 4.78 is 0. The standard InChI is InChI=1S/C8H14N4O/c1-3-5-7-9-11-12(10-7)8(13)6-4-2/h3-6H2,1-2H3. The van der Waals surface area contributed by atoms with Gasteiger partial charge in [-0.05, 0) is 18.1 Å². The van der Waals surface area contributed by atoms with E-state index < -0.39 is 0 Å². The first-order valence-corrected chi connectivity index (χ1v) is 4.60. The average Bonchev–Trinajstić information content (AvgIpc) is 2.54. The highest BCUT2D eigenvalue weighted by atomic mass is 16.2. The highest BCUT2D eigenvalue weighted by Crippen LogP contribution is 1.95. The molecule has 0 fully saturated rings. The lowest BCUT2D eigenvalue weighted by Gasteiger charge is -1.92. The molecule has 1 rings (SSSR count). The van der Waals surface area contributed by atoms with Gasteiger partial charge in [0.15, 0.2) is 5.82 Å². The third-order valence-corrected chi connectivity index (χ3v) is 1.62. The van der Waals surface area contributed by atoms with Crippen molar-refractivity contribution in [1.82, 2.24) is 20.2 Å². The summed E-state index contributed by atoms with van der Waals surface area (Å²) >= 11 is 0. The molecule has 0 N–H and O–H groups in total. The van der Waals surface area contributed by atoms with Crippen LogP contribution in [0, 0.1) is 0 Å². The van der Waals surface area contributed by atoms with Gasteiger partial charge in [-0.1, -0.05) is 18.6 Å². The number of aryl methyl sites for hydroxylation is 1. The molecule has 0 aliphatic rings. The highest BCUT2D eigenvalue weighted by Gasteiger charge is 2.07. The van der Waals surface area contributed by atoms with E-state index in [1.54, 1.807) is 0 Å². The van der Waals surface area contributed by atoms with E-state index in [2.05, 4.69) is 15.4 Å². The molecule has 5 heteroatoms. The number of rotatable bonds is 4. The Morgan fingerprint density at radius 2 is 2.15 bits per heavy atom. The fraction of sp³-hybridized carbons (Fsp3) is 0.750. The van der Waals surface area contributed by atoms with Crippen LogP contribution in [0.25, 0.3) is 0 Å². The first-order valence-electron chi connectivity index (χ1n) is 4.60. The van der Waals surface area contributed by atoms with Crippen molar-refractivity contribution in [1.29, 1.82) is 0 Å². The molecule has 0 spiro atoms. The molecule has 0 atom stereocenters. The molecule has 0 amide bonds. The third kappa shape index (κ3) is 2.61. The smallest absolute Gasteiger partial charge is 0.266 e. The number of hydrogen-bond acceptors (Lipinski definition) is 4. The lowest BCUT2D eigenvalue weighted by atomic mass is 10.3. The largest absolute Gasteiger partial charge is 0.271 e. The monoisotopic (exact) mass is 182 g/mol. The van der Waals surface area contributed by atoms with E-state index in [1.807, 2.05) is 13.8 Å². The van der Waals surface area contributed by atoms with Gasteiger partial charge in [0, 0.05) is 12.8 Å². The van der Waals surface area contributed by atoms with Gasteiger partial charge in [0.05, 0.1) is 0 Å². The normalized spacial score (nSPS) is 10.3. The maximum absolute atomic E-state index is 11.3. The number of carbonyl (C=O) groups is 1. The minimum Gasteiger partial charge on any atom is -0.271 e. The molecular weight excluding hydrogens is 168 g/mol. The Labute approximate surface area is 77.1 Å². The van der Waals surface area contributed by atoms with Gasteiger partial charge in [-0.25, -0.2) is 0 Å². The van der Waals surface area contributed by atoms with Gasteiger partial charge < -0.3 is 0 Å².